The molecule has 42 valence electrons. The third-order valence-electron chi connectivity index (χ3n) is 1.13. The van der Waals surface area contributed by atoms with Crippen LogP contribution >= 0.6 is 0 Å². The first-order chi connectivity index (χ1) is 3.47. The van der Waals surface area contributed by atoms with Gasteiger partial charge in [0.15, 0.2) is 0 Å². The van der Waals surface area contributed by atoms with Crippen molar-refractivity contribution >= 4 is 11.4 Å². The lowest BCUT2D eigenvalue weighted by Gasteiger charge is -1.65. The van der Waals surface area contributed by atoms with Crippen LogP contribution in [0.3, 0.4) is 0 Å². The summed E-state index contributed by atoms with van der Waals surface area (Å²) >= 11 is 0. The van der Waals surface area contributed by atoms with Gasteiger partial charge < -0.3 is 5.32 Å². The molecule has 1 nitrogen and oxygen atoms in total. The van der Waals surface area contributed by atoms with Crippen LogP contribution < -0.4 is 5.32 Å². The molecule has 8 heavy (non-hydrogen) atoms. The molecule has 0 radical (unpaired) electrons. The highest BCUT2D eigenvalue weighted by atomic mass is 19.0. The predicted octanol–water partition coefficient (Wildman–Crippen LogP) is 1.90. The highest BCUT2D eigenvalue weighted by Gasteiger charge is 2.10. The Hall–Kier alpha value is -1.05. The Labute approximate surface area is 46.7 Å². The number of benzene rings is 1. The smallest absolute Gasteiger partial charge is 0.0624 e. The van der Waals surface area contributed by atoms with Crippen molar-refractivity contribution in [1.82, 2.24) is 0 Å². The molecule has 1 aliphatic heterocycles. The molecule has 0 saturated carbocycles. The van der Waals surface area contributed by atoms with Gasteiger partial charge in [0.2, 0.25) is 0 Å². The zero-order valence-corrected chi connectivity index (χ0v) is 4.22. The molecule has 1 aromatic carbocycles. The SMILES string of the molecule is F.c1ccc2c(c1)N2. The molecule has 0 unspecified atom stereocenters. The van der Waals surface area contributed by atoms with Crippen LogP contribution in [0.15, 0.2) is 24.3 Å². The first kappa shape index (κ1) is 5.09. The van der Waals surface area contributed by atoms with E-state index in [2.05, 4.69) is 17.4 Å². The first-order valence-electron chi connectivity index (χ1n) is 2.33. The molecule has 1 aliphatic rings. The molecule has 0 fully saturated rings. The van der Waals surface area contributed by atoms with E-state index in [0.29, 0.717) is 0 Å². The van der Waals surface area contributed by atoms with Crippen LogP contribution in [0.25, 0.3) is 0 Å². The Morgan fingerprint density at radius 2 is 1.50 bits per heavy atom. The lowest BCUT2D eigenvalue weighted by Crippen LogP contribution is -1.43. The molecule has 0 spiro atoms. The Morgan fingerprint density at radius 3 is 1.88 bits per heavy atom. The highest BCUT2D eigenvalue weighted by Crippen LogP contribution is 2.36. The van der Waals surface area contributed by atoms with Crippen LogP contribution in [-0.2, 0) is 0 Å². The molecule has 1 heterocycles. The van der Waals surface area contributed by atoms with E-state index in [4.69, 9.17) is 0 Å². The van der Waals surface area contributed by atoms with Crippen molar-refractivity contribution in [3.8, 4) is 0 Å². The fraction of sp³-hybridized carbons (Fsp3) is 0. The second-order valence-electron chi connectivity index (χ2n) is 1.67. The van der Waals surface area contributed by atoms with Crippen LogP contribution in [0.5, 0.6) is 0 Å². The fourth-order valence-corrected chi connectivity index (χ4v) is 0.680. The minimum Gasteiger partial charge on any atom is -0.352 e. The summed E-state index contributed by atoms with van der Waals surface area (Å²) in [6.45, 7) is 0. The van der Waals surface area contributed by atoms with Crippen molar-refractivity contribution < 1.29 is 4.70 Å². The van der Waals surface area contributed by atoms with E-state index < -0.39 is 0 Å². The van der Waals surface area contributed by atoms with Gasteiger partial charge in [0, 0.05) is 0 Å². The molecule has 0 saturated heterocycles. The van der Waals surface area contributed by atoms with Crippen molar-refractivity contribution in [2.24, 2.45) is 0 Å². The summed E-state index contributed by atoms with van der Waals surface area (Å²) in [6, 6.07) is 8.18. The lowest BCUT2D eigenvalue weighted by atomic mass is 10.4. The maximum Gasteiger partial charge on any atom is 0.0624 e. The Bertz CT molecular complexity index is 176. The summed E-state index contributed by atoms with van der Waals surface area (Å²) in [5.41, 5.74) is 2.56. The lowest BCUT2D eigenvalue weighted by molar-refractivity contribution is 1.11. The van der Waals surface area contributed by atoms with Gasteiger partial charge in [-0.3, -0.25) is 4.70 Å². The fourth-order valence-electron chi connectivity index (χ4n) is 0.680. The summed E-state index contributed by atoms with van der Waals surface area (Å²) in [7, 11) is 0. The molecule has 1 N–H and O–H groups in total. The number of anilines is 2. The zero-order valence-electron chi connectivity index (χ0n) is 4.22. The number of hydrogen-bond acceptors (Lipinski definition) is 1. The number of halogens is 1. The van der Waals surface area contributed by atoms with E-state index in [1.54, 1.807) is 0 Å². The number of hydrogen-bond donors (Lipinski definition) is 1. The quantitative estimate of drug-likeness (QED) is 0.515. The standard InChI is InChI=1S/C6H5N.FH/c1-2-4-6-5(3-1)7-6;/h1-4,7H;1H. The zero-order chi connectivity index (χ0) is 4.69. The second kappa shape index (κ2) is 1.47. The highest BCUT2D eigenvalue weighted by molar-refractivity contribution is 5.89. The summed E-state index contributed by atoms with van der Waals surface area (Å²) < 4.78 is 0. The predicted molar refractivity (Wildman–Crippen MR) is 32.2 cm³/mol. The maximum absolute atomic E-state index is 3.09. The van der Waals surface area contributed by atoms with Gasteiger partial charge in [-0.1, -0.05) is 12.1 Å². The maximum atomic E-state index is 3.09. The van der Waals surface area contributed by atoms with E-state index in [0.717, 1.165) is 0 Å². The third-order valence-corrected chi connectivity index (χ3v) is 1.13. The van der Waals surface area contributed by atoms with Crippen molar-refractivity contribution in [1.29, 1.82) is 0 Å². The molecule has 1 aromatic rings. The molecule has 0 atom stereocenters. The van der Waals surface area contributed by atoms with Crippen LogP contribution in [0.1, 0.15) is 0 Å². The van der Waals surface area contributed by atoms with E-state index in [9.17, 15) is 0 Å². The number of nitrogens with one attached hydrogen (secondary N) is 1. The van der Waals surface area contributed by atoms with E-state index >= 15 is 0 Å². The van der Waals surface area contributed by atoms with E-state index in [1.165, 1.54) is 11.4 Å². The average molecular weight is 111 g/mol. The van der Waals surface area contributed by atoms with Crippen molar-refractivity contribution in [3.63, 3.8) is 0 Å². The van der Waals surface area contributed by atoms with Gasteiger partial charge in [0.1, 0.15) is 0 Å². The van der Waals surface area contributed by atoms with Gasteiger partial charge >= 0.3 is 0 Å². The number of fused-ring (bicyclic) bond motifs is 1. The van der Waals surface area contributed by atoms with Gasteiger partial charge in [-0.2, -0.15) is 0 Å². The minimum absolute atomic E-state index is 0. The molecule has 0 amide bonds. The topological polar surface area (TPSA) is 21.9 Å². The normalized spacial score (nSPS) is 10.5. The second-order valence-corrected chi connectivity index (χ2v) is 1.67. The molecule has 2 rings (SSSR count). The summed E-state index contributed by atoms with van der Waals surface area (Å²) in [5.74, 6) is 0. The Morgan fingerprint density at radius 1 is 1.00 bits per heavy atom. The van der Waals surface area contributed by atoms with Gasteiger partial charge in [-0.15, -0.1) is 0 Å². The summed E-state index contributed by atoms with van der Waals surface area (Å²) in [6.07, 6.45) is 0. The van der Waals surface area contributed by atoms with Crippen LogP contribution in [-0.4, -0.2) is 0 Å². The average Bonchev–Trinajstić information content (AvgIpc) is 2.41. The van der Waals surface area contributed by atoms with Gasteiger partial charge in [-0.05, 0) is 12.1 Å². The summed E-state index contributed by atoms with van der Waals surface area (Å²) in [5, 5.41) is 3.09. The van der Waals surface area contributed by atoms with Gasteiger partial charge in [0.25, 0.3) is 0 Å². The Kier molecular flexibility index (Phi) is 0.938. The Balaban J connectivity index is 0.000000320. The van der Waals surface area contributed by atoms with E-state index in [1.807, 2.05) is 12.1 Å². The van der Waals surface area contributed by atoms with Gasteiger partial charge in [0.05, 0.1) is 11.4 Å². The van der Waals surface area contributed by atoms with E-state index in [-0.39, 0.29) is 4.70 Å². The van der Waals surface area contributed by atoms with Crippen molar-refractivity contribution in [3.05, 3.63) is 24.3 Å². The number of para-hydroxylation sites is 2. The monoisotopic (exact) mass is 111 g/mol. The molecule has 0 bridgehead atoms. The van der Waals surface area contributed by atoms with Crippen LogP contribution in [0.2, 0.25) is 0 Å². The van der Waals surface area contributed by atoms with Crippen LogP contribution in [0.4, 0.5) is 16.1 Å². The number of rotatable bonds is 0. The van der Waals surface area contributed by atoms with Crippen LogP contribution in [0, 0.1) is 0 Å². The van der Waals surface area contributed by atoms with Crippen molar-refractivity contribution in [2.45, 2.75) is 0 Å². The summed E-state index contributed by atoms with van der Waals surface area (Å²) in [4.78, 5) is 0. The molecular formula is C6H6FN. The minimum atomic E-state index is 0. The van der Waals surface area contributed by atoms with Gasteiger partial charge in [-0.25, -0.2) is 0 Å². The largest absolute Gasteiger partial charge is 0.352 e. The molecule has 2 heteroatoms. The third kappa shape index (κ3) is 0.541. The molecule has 0 aliphatic carbocycles. The molecule has 0 aromatic heterocycles. The molecular weight excluding hydrogens is 105 g/mol. The first-order valence-corrected chi connectivity index (χ1v) is 2.33. The van der Waals surface area contributed by atoms with Crippen molar-refractivity contribution in [2.75, 3.05) is 5.32 Å².